The largest absolute Gasteiger partial charge is 0.497 e. The lowest BCUT2D eigenvalue weighted by atomic mass is 10.2. The minimum Gasteiger partial charge on any atom is -0.497 e. The van der Waals surface area contributed by atoms with Crippen LogP contribution in [-0.2, 0) is 6.54 Å². The second-order valence-corrected chi connectivity index (χ2v) is 5.35. The van der Waals surface area contributed by atoms with Crippen LogP contribution in [0.15, 0.2) is 28.0 Å². The molecule has 1 aromatic carbocycles. The van der Waals surface area contributed by atoms with Crippen molar-refractivity contribution in [2.75, 3.05) is 20.8 Å². The maximum Gasteiger partial charge on any atom is 0.270 e. The van der Waals surface area contributed by atoms with Crippen molar-refractivity contribution in [1.82, 2.24) is 4.57 Å². The van der Waals surface area contributed by atoms with E-state index in [0.29, 0.717) is 23.4 Å². The van der Waals surface area contributed by atoms with E-state index >= 15 is 0 Å². The summed E-state index contributed by atoms with van der Waals surface area (Å²) >= 11 is 1.41. The third-order valence-electron chi connectivity index (χ3n) is 3.18. The number of hydrogen-bond acceptors (Lipinski definition) is 5. The van der Waals surface area contributed by atoms with E-state index in [1.165, 1.54) is 11.3 Å². The highest BCUT2D eigenvalue weighted by Gasteiger charge is 2.10. The van der Waals surface area contributed by atoms with E-state index in [-0.39, 0.29) is 5.56 Å². The molecule has 0 bridgehead atoms. The van der Waals surface area contributed by atoms with Gasteiger partial charge in [-0.2, -0.15) is 0 Å². The van der Waals surface area contributed by atoms with Crippen LogP contribution in [0.2, 0.25) is 0 Å². The summed E-state index contributed by atoms with van der Waals surface area (Å²) in [6.07, 6.45) is 1.83. The SMILES string of the molecule is COc1ccc(OC)c(/C=c2\sc3n(c2=O)CCN=3)c1. The molecule has 104 valence electrons. The monoisotopic (exact) mass is 290 g/mol. The summed E-state index contributed by atoms with van der Waals surface area (Å²) in [6, 6.07) is 5.51. The standard InChI is InChI=1S/C14H14N2O3S/c1-18-10-3-4-11(19-2)9(7-10)8-12-13(17)16-6-5-15-14(16)20-12/h3-4,7-8H,5-6H2,1-2H3/b12-8-. The Kier molecular flexibility index (Phi) is 3.31. The van der Waals surface area contributed by atoms with Crippen LogP contribution in [0.4, 0.5) is 0 Å². The molecule has 5 nitrogen and oxygen atoms in total. The molecule has 0 N–H and O–H groups in total. The number of aromatic nitrogens is 1. The van der Waals surface area contributed by atoms with E-state index in [1.807, 2.05) is 24.3 Å². The number of nitrogens with zero attached hydrogens (tertiary/aromatic N) is 2. The molecular weight excluding hydrogens is 276 g/mol. The first kappa shape index (κ1) is 12.9. The van der Waals surface area contributed by atoms with Crippen LogP contribution in [0.3, 0.4) is 0 Å². The predicted molar refractivity (Wildman–Crippen MR) is 77.3 cm³/mol. The number of rotatable bonds is 3. The zero-order chi connectivity index (χ0) is 14.1. The fraction of sp³-hybridized carbons (Fsp3) is 0.286. The van der Waals surface area contributed by atoms with Gasteiger partial charge in [-0.05, 0) is 24.3 Å². The number of fused-ring (bicyclic) bond motifs is 1. The summed E-state index contributed by atoms with van der Waals surface area (Å²) in [5, 5.41) is 0. The summed E-state index contributed by atoms with van der Waals surface area (Å²) in [5.74, 6) is 1.44. The average Bonchev–Trinajstić information content (AvgIpc) is 3.03. The van der Waals surface area contributed by atoms with Gasteiger partial charge in [-0.15, -0.1) is 0 Å². The molecule has 20 heavy (non-hydrogen) atoms. The molecule has 0 spiro atoms. The summed E-state index contributed by atoms with van der Waals surface area (Å²) < 4.78 is 12.9. The van der Waals surface area contributed by atoms with Gasteiger partial charge in [-0.25, -0.2) is 0 Å². The number of hydrogen-bond donors (Lipinski definition) is 0. The zero-order valence-corrected chi connectivity index (χ0v) is 12.1. The maximum atomic E-state index is 12.2. The third-order valence-corrected chi connectivity index (χ3v) is 4.23. The smallest absolute Gasteiger partial charge is 0.270 e. The van der Waals surface area contributed by atoms with Crippen molar-refractivity contribution in [2.45, 2.75) is 6.54 Å². The minimum atomic E-state index is 0.0103. The van der Waals surface area contributed by atoms with Gasteiger partial charge in [0.1, 0.15) is 11.5 Å². The Labute approximate surface area is 119 Å². The van der Waals surface area contributed by atoms with Crippen molar-refractivity contribution in [1.29, 1.82) is 0 Å². The van der Waals surface area contributed by atoms with Crippen molar-refractivity contribution in [3.8, 4) is 11.5 Å². The van der Waals surface area contributed by atoms with Crippen molar-refractivity contribution in [3.05, 3.63) is 43.5 Å². The van der Waals surface area contributed by atoms with Crippen molar-refractivity contribution in [2.24, 2.45) is 4.99 Å². The molecule has 0 saturated carbocycles. The lowest BCUT2D eigenvalue weighted by Gasteiger charge is -2.06. The molecule has 1 aromatic heterocycles. The molecule has 3 rings (SSSR count). The number of methoxy groups -OCH3 is 2. The Hall–Kier alpha value is -2.08. The van der Waals surface area contributed by atoms with E-state index in [0.717, 1.165) is 16.1 Å². The van der Waals surface area contributed by atoms with Crippen LogP contribution in [0.5, 0.6) is 11.5 Å². The van der Waals surface area contributed by atoms with E-state index in [9.17, 15) is 4.79 Å². The fourth-order valence-corrected chi connectivity index (χ4v) is 3.18. The van der Waals surface area contributed by atoms with Crippen molar-refractivity contribution >= 4 is 17.4 Å². The zero-order valence-electron chi connectivity index (χ0n) is 11.3. The minimum absolute atomic E-state index is 0.0103. The van der Waals surface area contributed by atoms with Crippen molar-refractivity contribution < 1.29 is 9.47 Å². The summed E-state index contributed by atoms with van der Waals surface area (Å²) in [6.45, 7) is 1.37. The quantitative estimate of drug-likeness (QED) is 0.821. The maximum absolute atomic E-state index is 12.2. The van der Waals surface area contributed by atoms with E-state index in [4.69, 9.17) is 9.47 Å². The lowest BCUT2D eigenvalue weighted by molar-refractivity contribution is 0.402. The second kappa shape index (κ2) is 5.13. The molecule has 0 atom stereocenters. The molecule has 0 unspecified atom stereocenters. The van der Waals surface area contributed by atoms with Gasteiger partial charge in [0.15, 0.2) is 4.80 Å². The molecule has 1 aliphatic heterocycles. The molecule has 0 aliphatic carbocycles. The summed E-state index contributed by atoms with van der Waals surface area (Å²) in [4.78, 5) is 17.3. The molecular formula is C14H14N2O3S. The average molecular weight is 290 g/mol. The topological polar surface area (TPSA) is 52.8 Å². The number of benzene rings is 1. The van der Waals surface area contributed by atoms with Gasteiger partial charge in [-0.1, -0.05) is 11.3 Å². The van der Waals surface area contributed by atoms with Crippen LogP contribution < -0.4 is 24.4 Å². The van der Waals surface area contributed by atoms with Gasteiger partial charge in [0.2, 0.25) is 0 Å². The van der Waals surface area contributed by atoms with E-state index < -0.39 is 0 Å². The number of ether oxygens (including phenoxy) is 2. The van der Waals surface area contributed by atoms with E-state index in [1.54, 1.807) is 18.8 Å². The van der Waals surface area contributed by atoms with Crippen molar-refractivity contribution in [3.63, 3.8) is 0 Å². The lowest BCUT2D eigenvalue weighted by Crippen LogP contribution is -2.29. The molecule has 6 heteroatoms. The van der Waals surface area contributed by atoms with Crippen LogP contribution >= 0.6 is 11.3 Å². The third kappa shape index (κ3) is 2.12. The normalized spacial score (nSPS) is 14.0. The highest BCUT2D eigenvalue weighted by atomic mass is 32.1. The highest BCUT2D eigenvalue weighted by molar-refractivity contribution is 7.07. The second-order valence-electron chi connectivity index (χ2n) is 4.34. The first-order valence-electron chi connectivity index (χ1n) is 6.21. The van der Waals surface area contributed by atoms with E-state index in [2.05, 4.69) is 4.99 Å². The Morgan fingerprint density at radius 2 is 2.20 bits per heavy atom. The van der Waals surface area contributed by atoms with Gasteiger partial charge in [-0.3, -0.25) is 14.4 Å². The van der Waals surface area contributed by atoms with Crippen LogP contribution in [0.25, 0.3) is 6.08 Å². The molecule has 0 radical (unpaired) electrons. The molecule has 2 aromatic rings. The van der Waals surface area contributed by atoms with Crippen LogP contribution in [-0.4, -0.2) is 25.3 Å². The predicted octanol–water partition coefficient (Wildman–Crippen LogP) is 0.389. The van der Waals surface area contributed by atoms with Gasteiger partial charge >= 0.3 is 0 Å². The van der Waals surface area contributed by atoms with Gasteiger partial charge < -0.3 is 9.47 Å². The first-order chi connectivity index (χ1) is 9.72. The molecule has 0 saturated heterocycles. The Morgan fingerprint density at radius 1 is 1.35 bits per heavy atom. The van der Waals surface area contributed by atoms with Gasteiger partial charge in [0.25, 0.3) is 5.56 Å². The molecule has 0 fully saturated rings. The Morgan fingerprint density at radius 3 is 2.90 bits per heavy atom. The molecule has 1 aliphatic rings. The summed E-state index contributed by atoms with van der Waals surface area (Å²) in [7, 11) is 3.22. The number of thiazole rings is 1. The first-order valence-corrected chi connectivity index (χ1v) is 7.02. The summed E-state index contributed by atoms with van der Waals surface area (Å²) in [5.41, 5.74) is 0.834. The highest BCUT2D eigenvalue weighted by Crippen LogP contribution is 2.24. The molecule has 0 amide bonds. The molecule has 2 heterocycles. The van der Waals surface area contributed by atoms with Crippen LogP contribution in [0, 0.1) is 0 Å². The Balaban J connectivity index is 2.19. The fourth-order valence-electron chi connectivity index (χ4n) is 2.16. The van der Waals surface area contributed by atoms with Gasteiger partial charge in [0.05, 0.1) is 25.3 Å². The van der Waals surface area contributed by atoms with Crippen LogP contribution in [0.1, 0.15) is 5.56 Å². The Bertz CT molecular complexity index is 820. The van der Waals surface area contributed by atoms with Gasteiger partial charge in [0, 0.05) is 12.1 Å².